The standard InChI is InChI=1S/C17H20N3/c1-19-8-10-20(11-9-19)14-15-4-2-5-16(12-15)17-6-3-7-18-13-17/h2,4-7,12-13H,8-11,14H2,1H3. The Bertz CT molecular complexity index is 545. The maximum atomic E-state index is 4.14. The van der Waals surface area contributed by atoms with Gasteiger partial charge >= 0.3 is 0 Å². The third-order valence-corrected chi connectivity index (χ3v) is 3.86. The van der Waals surface area contributed by atoms with Gasteiger partial charge in [-0.2, -0.15) is 0 Å². The summed E-state index contributed by atoms with van der Waals surface area (Å²) in [6.45, 7) is 5.67. The largest absolute Gasteiger partial charge is 0.304 e. The lowest BCUT2D eigenvalue weighted by atomic mass is 10.0. The van der Waals surface area contributed by atoms with E-state index < -0.39 is 0 Å². The Hall–Kier alpha value is -1.71. The van der Waals surface area contributed by atoms with Crippen LogP contribution in [0.3, 0.4) is 0 Å². The van der Waals surface area contributed by atoms with Crippen molar-refractivity contribution in [2.45, 2.75) is 6.54 Å². The van der Waals surface area contributed by atoms with E-state index >= 15 is 0 Å². The Balaban J connectivity index is 1.72. The van der Waals surface area contributed by atoms with E-state index in [2.05, 4.69) is 52.2 Å². The summed E-state index contributed by atoms with van der Waals surface area (Å²) in [4.78, 5) is 9.05. The summed E-state index contributed by atoms with van der Waals surface area (Å²) in [5.41, 5.74) is 3.73. The van der Waals surface area contributed by atoms with Gasteiger partial charge in [-0.15, -0.1) is 0 Å². The molecule has 1 saturated heterocycles. The number of rotatable bonds is 3. The van der Waals surface area contributed by atoms with Crippen LogP contribution in [0.2, 0.25) is 0 Å². The number of piperazine rings is 1. The highest BCUT2D eigenvalue weighted by atomic mass is 15.2. The topological polar surface area (TPSA) is 19.4 Å². The van der Waals surface area contributed by atoms with Gasteiger partial charge in [0.1, 0.15) is 0 Å². The second kappa shape index (κ2) is 6.16. The zero-order valence-corrected chi connectivity index (χ0v) is 11.9. The van der Waals surface area contributed by atoms with Crippen molar-refractivity contribution in [3.05, 3.63) is 54.4 Å². The van der Waals surface area contributed by atoms with Gasteiger partial charge in [-0.25, -0.2) is 0 Å². The quantitative estimate of drug-likeness (QED) is 0.850. The monoisotopic (exact) mass is 266 g/mol. The summed E-state index contributed by atoms with van der Waals surface area (Å²) in [7, 11) is 2.19. The minimum atomic E-state index is 1.03. The number of benzene rings is 1. The first kappa shape index (κ1) is 13.3. The zero-order chi connectivity index (χ0) is 13.8. The first-order chi connectivity index (χ1) is 9.81. The van der Waals surface area contributed by atoms with Gasteiger partial charge in [0, 0.05) is 56.7 Å². The summed E-state index contributed by atoms with van der Waals surface area (Å²) < 4.78 is 0. The highest BCUT2D eigenvalue weighted by Crippen LogP contribution is 2.20. The molecule has 0 spiro atoms. The van der Waals surface area contributed by atoms with Crippen molar-refractivity contribution in [2.75, 3.05) is 33.2 Å². The van der Waals surface area contributed by atoms with Gasteiger partial charge in [0.2, 0.25) is 0 Å². The molecule has 1 fully saturated rings. The summed E-state index contributed by atoms with van der Waals surface area (Å²) in [5, 5.41) is 0. The molecule has 2 aromatic rings. The summed E-state index contributed by atoms with van der Waals surface area (Å²) in [6, 6.07) is 13.8. The molecule has 0 aliphatic carbocycles. The fraction of sp³-hybridized carbons (Fsp3) is 0.353. The fourth-order valence-corrected chi connectivity index (χ4v) is 2.60. The maximum Gasteiger partial charge on any atom is 0.0347 e. The number of hydrogen-bond donors (Lipinski definition) is 0. The van der Waals surface area contributed by atoms with E-state index in [1.54, 1.807) is 6.20 Å². The van der Waals surface area contributed by atoms with Gasteiger partial charge < -0.3 is 4.90 Å². The molecular formula is C17H20N3. The molecule has 0 unspecified atom stereocenters. The molecule has 0 amide bonds. The molecule has 1 radical (unpaired) electrons. The summed E-state index contributed by atoms with van der Waals surface area (Å²) in [6.07, 6.45) is 3.59. The number of pyridine rings is 1. The van der Waals surface area contributed by atoms with Crippen molar-refractivity contribution in [2.24, 2.45) is 0 Å². The van der Waals surface area contributed by atoms with Crippen molar-refractivity contribution in [3.8, 4) is 11.1 Å². The van der Waals surface area contributed by atoms with Gasteiger partial charge in [-0.3, -0.25) is 9.88 Å². The Morgan fingerprint density at radius 2 is 2.00 bits per heavy atom. The van der Waals surface area contributed by atoms with Crippen LogP contribution in [0.5, 0.6) is 0 Å². The maximum absolute atomic E-state index is 4.14. The first-order valence-corrected chi connectivity index (χ1v) is 7.12. The molecular weight excluding hydrogens is 246 g/mol. The lowest BCUT2D eigenvalue weighted by molar-refractivity contribution is 0.148. The van der Waals surface area contributed by atoms with Crippen LogP contribution >= 0.6 is 0 Å². The van der Waals surface area contributed by atoms with Crippen LogP contribution in [0.4, 0.5) is 0 Å². The van der Waals surface area contributed by atoms with E-state index in [-0.39, 0.29) is 0 Å². The van der Waals surface area contributed by atoms with Crippen LogP contribution in [0.15, 0.2) is 42.7 Å². The predicted octanol–water partition coefficient (Wildman–Crippen LogP) is 2.30. The molecule has 0 atom stereocenters. The van der Waals surface area contributed by atoms with Crippen molar-refractivity contribution in [3.63, 3.8) is 0 Å². The van der Waals surface area contributed by atoms with Crippen LogP contribution in [0.25, 0.3) is 11.1 Å². The molecule has 3 nitrogen and oxygen atoms in total. The highest BCUT2D eigenvalue weighted by molar-refractivity contribution is 5.62. The van der Waals surface area contributed by atoms with E-state index in [4.69, 9.17) is 0 Å². The predicted molar refractivity (Wildman–Crippen MR) is 81.3 cm³/mol. The van der Waals surface area contributed by atoms with Crippen molar-refractivity contribution < 1.29 is 0 Å². The summed E-state index contributed by atoms with van der Waals surface area (Å²) >= 11 is 0. The van der Waals surface area contributed by atoms with Gasteiger partial charge in [-0.1, -0.05) is 18.2 Å². The molecule has 0 N–H and O–H groups in total. The summed E-state index contributed by atoms with van der Waals surface area (Å²) in [5.74, 6) is 0. The van der Waals surface area contributed by atoms with E-state index in [1.165, 1.54) is 11.1 Å². The molecule has 0 saturated carbocycles. The molecule has 103 valence electrons. The fourth-order valence-electron chi connectivity index (χ4n) is 2.60. The Labute approximate surface area is 120 Å². The zero-order valence-electron chi connectivity index (χ0n) is 11.9. The number of nitrogens with zero attached hydrogens (tertiary/aromatic N) is 3. The van der Waals surface area contributed by atoms with Crippen molar-refractivity contribution >= 4 is 0 Å². The Morgan fingerprint density at radius 3 is 2.75 bits per heavy atom. The van der Waals surface area contributed by atoms with E-state index in [0.717, 1.165) is 38.3 Å². The van der Waals surface area contributed by atoms with Crippen LogP contribution in [-0.4, -0.2) is 48.0 Å². The molecule has 1 aliphatic rings. The molecule has 2 heterocycles. The molecule has 1 aliphatic heterocycles. The van der Waals surface area contributed by atoms with Gasteiger partial charge in [0.15, 0.2) is 0 Å². The molecule has 3 rings (SSSR count). The van der Waals surface area contributed by atoms with Crippen molar-refractivity contribution in [1.82, 2.24) is 14.8 Å². The Kier molecular flexibility index (Phi) is 4.09. The van der Waals surface area contributed by atoms with Crippen LogP contribution in [0, 0.1) is 6.07 Å². The van der Waals surface area contributed by atoms with E-state index in [1.807, 2.05) is 12.3 Å². The van der Waals surface area contributed by atoms with Crippen LogP contribution in [-0.2, 0) is 6.54 Å². The minimum Gasteiger partial charge on any atom is -0.304 e. The van der Waals surface area contributed by atoms with Crippen LogP contribution in [0.1, 0.15) is 5.56 Å². The average molecular weight is 266 g/mol. The first-order valence-electron chi connectivity index (χ1n) is 7.12. The third kappa shape index (κ3) is 3.24. The molecule has 1 aromatic heterocycles. The second-order valence-corrected chi connectivity index (χ2v) is 5.45. The van der Waals surface area contributed by atoms with Crippen molar-refractivity contribution in [1.29, 1.82) is 0 Å². The smallest absolute Gasteiger partial charge is 0.0347 e. The highest BCUT2D eigenvalue weighted by Gasteiger charge is 2.13. The molecule has 3 heteroatoms. The number of aromatic nitrogens is 1. The SMILES string of the molecule is CN1CCN(Cc2cccc(-c3c[c]cnc3)c2)CC1. The van der Waals surface area contributed by atoms with E-state index in [9.17, 15) is 0 Å². The lowest BCUT2D eigenvalue weighted by Crippen LogP contribution is -2.43. The number of hydrogen-bond acceptors (Lipinski definition) is 3. The molecule has 0 bridgehead atoms. The average Bonchev–Trinajstić information content (AvgIpc) is 2.51. The molecule has 1 aromatic carbocycles. The molecule has 20 heavy (non-hydrogen) atoms. The second-order valence-electron chi connectivity index (χ2n) is 5.45. The van der Waals surface area contributed by atoms with E-state index in [0.29, 0.717) is 0 Å². The minimum absolute atomic E-state index is 1.03. The van der Waals surface area contributed by atoms with Gasteiger partial charge in [0.25, 0.3) is 0 Å². The van der Waals surface area contributed by atoms with Gasteiger partial charge in [-0.05, 0) is 30.3 Å². The van der Waals surface area contributed by atoms with Gasteiger partial charge in [0.05, 0.1) is 0 Å². The number of likely N-dealkylation sites (N-methyl/N-ethyl adjacent to an activating group) is 1. The third-order valence-electron chi connectivity index (χ3n) is 3.86. The normalized spacial score (nSPS) is 17.2. The van der Waals surface area contributed by atoms with Crippen LogP contribution < -0.4 is 0 Å². The Morgan fingerprint density at radius 1 is 1.15 bits per heavy atom. The lowest BCUT2D eigenvalue weighted by Gasteiger charge is -2.32.